The number of aromatic carboxylic acids is 1. The van der Waals surface area contributed by atoms with Crippen molar-refractivity contribution in [3.05, 3.63) is 83.2 Å². The molecule has 40 heavy (non-hydrogen) atoms. The van der Waals surface area contributed by atoms with Gasteiger partial charge in [-0.15, -0.1) is 0 Å². The van der Waals surface area contributed by atoms with Gasteiger partial charge in [-0.3, -0.25) is 4.90 Å². The Morgan fingerprint density at radius 2 is 1.65 bits per heavy atom. The van der Waals surface area contributed by atoms with Crippen LogP contribution >= 0.6 is 0 Å². The molecule has 9 heteroatoms. The molecule has 0 bridgehead atoms. The number of nitrogens with one attached hydrogen (secondary N) is 1. The van der Waals surface area contributed by atoms with Crippen molar-refractivity contribution >= 4 is 18.2 Å². The van der Waals surface area contributed by atoms with Gasteiger partial charge in [0.15, 0.2) is 0 Å². The topological polar surface area (TPSA) is 112 Å². The van der Waals surface area contributed by atoms with E-state index in [2.05, 4.69) is 29.2 Å². The summed E-state index contributed by atoms with van der Waals surface area (Å²) in [5.41, 5.74) is 4.50. The number of aromatic amines is 1. The Morgan fingerprint density at radius 1 is 1.00 bits per heavy atom. The molecule has 9 nitrogen and oxygen atoms in total. The Labute approximate surface area is 233 Å². The molecule has 5 rings (SSSR count). The second-order valence-corrected chi connectivity index (χ2v) is 11.4. The summed E-state index contributed by atoms with van der Waals surface area (Å²) in [5, 5.41) is 9.35. The second-order valence-electron chi connectivity index (χ2n) is 11.4. The van der Waals surface area contributed by atoms with Crippen molar-refractivity contribution in [2.75, 3.05) is 19.7 Å². The number of rotatable bonds is 6. The summed E-state index contributed by atoms with van der Waals surface area (Å²) in [6.07, 6.45) is 0.445. The number of likely N-dealkylation sites (tertiary alicyclic amines) is 1. The second kappa shape index (κ2) is 11.1. The molecule has 2 aliphatic rings. The lowest BCUT2D eigenvalue weighted by Gasteiger charge is -2.39. The Balaban J connectivity index is 1.36. The lowest BCUT2D eigenvalue weighted by Crippen LogP contribution is -2.52. The number of piperidine rings is 1. The van der Waals surface area contributed by atoms with E-state index < -0.39 is 23.8 Å². The third kappa shape index (κ3) is 5.83. The van der Waals surface area contributed by atoms with Crippen LogP contribution in [0, 0.1) is 0 Å². The fourth-order valence-electron chi connectivity index (χ4n) is 5.56. The van der Waals surface area contributed by atoms with Gasteiger partial charge in [0.25, 0.3) is 0 Å². The highest BCUT2D eigenvalue weighted by atomic mass is 16.6. The monoisotopic (exact) mass is 545 g/mol. The van der Waals surface area contributed by atoms with Crippen LogP contribution in [0.3, 0.4) is 0 Å². The first kappa shape index (κ1) is 27.3. The molecule has 1 saturated heterocycles. The van der Waals surface area contributed by atoms with E-state index in [1.807, 2.05) is 45.0 Å². The normalized spacial score (nSPS) is 16.7. The van der Waals surface area contributed by atoms with E-state index in [-0.39, 0.29) is 30.8 Å². The van der Waals surface area contributed by atoms with Crippen LogP contribution in [0.1, 0.15) is 66.8 Å². The first-order valence-corrected chi connectivity index (χ1v) is 13.6. The molecule has 0 unspecified atom stereocenters. The number of carbonyl (C=O) groups excluding carboxylic acids is 2. The van der Waals surface area contributed by atoms with Crippen LogP contribution in [0.15, 0.2) is 60.7 Å². The third-order valence-corrected chi connectivity index (χ3v) is 7.38. The number of carboxylic acids is 1. The van der Waals surface area contributed by atoms with E-state index >= 15 is 0 Å². The summed E-state index contributed by atoms with van der Waals surface area (Å²) in [6.45, 7) is 6.58. The Kier molecular flexibility index (Phi) is 7.56. The van der Waals surface area contributed by atoms with Gasteiger partial charge in [0, 0.05) is 24.7 Å². The van der Waals surface area contributed by atoms with E-state index in [9.17, 15) is 19.5 Å². The van der Waals surface area contributed by atoms with Crippen molar-refractivity contribution in [2.24, 2.45) is 0 Å². The average molecular weight is 546 g/mol. The molecule has 1 aliphatic carbocycles. The summed E-state index contributed by atoms with van der Waals surface area (Å²) in [6, 6.07) is 19.1. The molecule has 2 heterocycles. The van der Waals surface area contributed by atoms with Crippen molar-refractivity contribution < 1.29 is 29.0 Å². The van der Waals surface area contributed by atoms with Gasteiger partial charge in [-0.2, -0.15) is 0 Å². The Morgan fingerprint density at radius 3 is 2.25 bits per heavy atom. The molecule has 2 N–H and O–H groups in total. The fraction of sp³-hybridized carbons (Fsp3) is 0.387. The number of ether oxygens (including phenoxy) is 2. The largest absolute Gasteiger partial charge is 0.477 e. The van der Waals surface area contributed by atoms with Crippen LogP contribution < -0.4 is 0 Å². The summed E-state index contributed by atoms with van der Waals surface area (Å²) >= 11 is 0. The SMILES string of the molecule is CC(C)(C)OC(=O)N1CCC[C@@H](N(Cc2ccc(C(=O)O)[nH]2)C(=O)OCC2c3ccccc3-c3ccccc32)C1. The summed E-state index contributed by atoms with van der Waals surface area (Å²) in [7, 11) is 0. The molecule has 2 amide bonds. The number of hydrogen-bond donors (Lipinski definition) is 2. The van der Waals surface area contributed by atoms with Crippen molar-refractivity contribution in [1.82, 2.24) is 14.8 Å². The highest BCUT2D eigenvalue weighted by Crippen LogP contribution is 2.44. The Hall–Kier alpha value is -4.27. The number of fused-ring (bicyclic) bond motifs is 3. The smallest absolute Gasteiger partial charge is 0.410 e. The van der Waals surface area contributed by atoms with Gasteiger partial charge in [-0.25, -0.2) is 14.4 Å². The molecule has 1 aliphatic heterocycles. The molecule has 210 valence electrons. The lowest BCUT2D eigenvalue weighted by molar-refractivity contribution is 0.00786. The van der Waals surface area contributed by atoms with Crippen LogP contribution in [0.2, 0.25) is 0 Å². The average Bonchev–Trinajstić information content (AvgIpc) is 3.53. The molecule has 1 fully saturated rings. The number of aromatic nitrogens is 1. The minimum atomic E-state index is -1.08. The van der Waals surface area contributed by atoms with E-state index in [4.69, 9.17) is 9.47 Å². The predicted molar refractivity (Wildman–Crippen MR) is 149 cm³/mol. The quantitative estimate of drug-likeness (QED) is 0.401. The van der Waals surface area contributed by atoms with Crippen LogP contribution in [0.25, 0.3) is 11.1 Å². The zero-order valence-electron chi connectivity index (χ0n) is 23.1. The van der Waals surface area contributed by atoms with Crippen LogP contribution in [0.4, 0.5) is 9.59 Å². The zero-order chi connectivity index (χ0) is 28.4. The molecule has 0 radical (unpaired) electrons. The van der Waals surface area contributed by atoms with Crippen molar-refractivity contribution in [3.8, 4) is 11.1 Å². The molecule has 1 aromatic heterocycles. The van der Waals surface area contributed by atoms with E-state index in [1.54, 1.807) is 15.9 Å². The van der Waals surface area contributed by atoms with Crippen LogP contribution in [0.5, 0.6) is 0 Å². The maximum atomic E-state index is 13.7. The van der Waals surface area contributed by atoms with Gasteiger partial charge in [-0.05, 0) is 68.0 Å². The van der Waals surface area contributed by atoms with Gasteiger partial charge in [0.2, 0.25) is 0 Å². The molecule has 0 spiro atoms. The van der Waals surface area contributed by atoms with Gasteiger partial charge in [-0.1, -0.05) is 48.5 Å². The van der Waals surface area contributed by atoms with Crippen molar-refractivity contribution in [3.63, 3.8) is 0 Å². The number of carbonyl (C=O) groups is 3. The molecule has 3 aromatic rings. The van der Waals surface area contributed by atoms with Crippen molar-refractivity contribution in [2.45, 2.75) is 57.7 Å². The Bertz CT molecular complexity index is 1360. The van der Waals surface area contributed by atoms with Gasteiger partial charge in [0.1, 0.15) is 17.9 Å². The third-order valence-electron chi connectivity index (χ3n) is 7.38. The van der Waals surface area contributed by atoms with E-state index in [1.165, 1.54) is 6.07 Å². The maximum Gasteiger partial charge on any atom is 0.410 e. The molecular weight excluding hydrogens is 510 g/mol. The number of H-pyrrole nitrogens is 1. The predicted octanol–water partition coefficient (Wildman–Crippen LogP) is 5.86. The standard InChI is InChI=1S/C31H35N3O6/c1-31(2,3)40-29(37)33-16-8-9-21(18-33)34(17-20-14-15-27(32-20)28(35)36)30(38)39-19-26-24-12-6-4-10-22(24)23-11-5-7-13-25(23)26/h4-7,10-15,21,26,32H,8-9,16-19H2,1-3H3,(H,35,36)/t21-/m1/s1. The maximum absolute atomic E-state index is 13.7. The summed E-state index contributed by atoms with van der Waals surface area (Å²) < 4.78 is 11.6. The number of carboxylic acid groups (broad SMARTS) is 1. The lowest BCUT2D eigenvalue weighted by atomic mass is 9.98. The van der Waals surface area contributed by atoms with E-state index in [0.717, 1.165) is 22.3 Å². The van der Waals surface area contributed by atoms with Gasteiger partial charge >= 0.3 is 18.2 Å². The molecule has 2 aromatic carbocycles. The van der Waals surface area contributed by atoms with Gasteiger partial charge in [0.05, 0.1) is 12.6 Å². The summed E-state index contributed by atoms with van der Waals surface area (Å²) in [5.74, 6) is -1.17. The molecule has 0 saturated carbocycles. The first-order chi connectivity index (χ1) is 19.1. The van der Waals surface area contributed by atoms with E-state index in [0.29, 0.717) is 31.6 Å². The first-order valence-electron chi connectivity index (χ1n) is 13.6. The van der Waals surface area contributed by atoms with Crippen molar-refractivity contribution in [1.29, 1.82) is 0 Å². The molecule has 1 atom stereocenters. The van der Waals surface area contributed by atoms with Gasteiger partial charge < -0.3 is 24.5 Å². The number of benzene rings is 2. The number of nitrogens with zero attached hydrogens (tertiary/aromatic N) is 2. The highest BCUT2D eigenvalue weighted by Gasteiger charge is 2.35. The molecular formula is C31H35N3O6. The van der Waals surface area contributed by atoms with Crippen LogP contribution in [-0.4, -0.2) is 69.4 Å². The minimum Gasteiger partial charge on any atom is -0.477 e. The zero-order valence-corrected chi connectivity index (χ0v) is 23.1. The number of hydrogen-bond acceptors (Lipinski definition) is 5. The fourth-order valence-corrected chi connectivity index (χ4v) is 5.56. The summed E-state index contributed by atoms with van der Waals surface area (Å²) in [4.78, 5) is 44.1. The highest BCUT2D eigenvalue weighted by molar-refractivity contribution is 5.85. The van der Waals surface area contributed by atoms with Crippen LogP contribution in [-0.2, 0) is 16.0 Å². The number of amides is 2. The minimum absolute atomic E-state index is 0.0431.